The summed E-state index contributed by atoms with van der Waals surface area (Å²) in [7, 11) is 0. The van der Waals surface area contributed by atoms with Crippen molar-refractivity contribution in [2.24, 2.45) is 5.41 Å². The summed E-state index contributed by atoms with van der Waals surface area (Å²) in [6.45, 7) is 2.55. The lowest BCUT2D eigenvalue weighted by Gasteiger charge is -2.36. The molecule has 1 amide bonds. The predicted molar refractivity (Wildman–Crippen MR) is 64.6 cm³/mol. The number of amides is 1. The van der Waals surface area contributed by atoms with E-state index in [-0.39, 0.29) is 11.1 Å². The summed E-state index contributed by atoms with van der Waals surface area (Å²) in [5.74, 6) is -1.02. The van der Waals surface area contributed by atoms with Crippen LogP contribution in [0.3, 0.4) is 0 Å². The fourth-order valence-corrected chi connectivity index (χ4v) is 2.23. The number of carbonyl (C=O) groups excluding carboxylic acids is 1. The van der Waals surface area contributed by atoms with E-state index >= 15 is 0 Å². The third kappa shape index (κ3) is 2.22. The van der Waals surface area contributed by atoms with E-state index in [1.165, 1.54) is 12.3 Å². The zero-order valence-corrected chi connectivity index (χ0v) is 10.7. The number of carbonyl (C=O) groups is 2. The van der Waals surface area contributed by atoms with Crippen molar-refractivity contribution in [2.75, 3.05) is 13.1 Å². The van der Waals surface area contributed by atoms with Crippen molar-refractivity contribution in [3.8, 4) is 0 Å². The van der Waals surface area contributed by atoms with E-state index in [1.54, 1.807) is 11.8 Å². The first kappa shape index (κ1) is 13.0. The third-order valence-electron chi connectivity index (χ3n) is 3.52. The Morgan fingerprint density at radius 3 is 2.50 bits per heavy atom. The summed E-state index contributed by atoms with van der Waals surface area (Å²) in [6.07, 6.45) is 2.26. The van der Waals surface area contributed by atoms with Crippen LogP contribution < -0.4 is 0 Å². The lowest BCUT2D eigenvalue weighted by molar-refractivity contribution is -0.150. The predicted octanol–water partition coefficient (Wildman–Crippen LogP) is 2.26. The van der Waals surface area contributed by atoms with Gasteiger partial charge in [0.15, 0.2) is 0 Å². The molecule has 0 radical (unpaired) electrons. The van der Waals surface area contributed by atoms with Crippen LogP contribution in [0.1, 0.15) is 30.1 Å². The zero-order chi connectivity index (χ0) is 13.3. The molecule has 0 atom stereocenters. The van der Waals surface area contributed by atoms with Crippen molar-refractivity contribution >= 4 is 23.5 Å². The quantitative estimate of drug-likeness (QED) is 0.896. The van der Waals surface area contributed by atoms with Crippen LogP contribution in [0.4, 0.5) is 0 Å². The molecule has 1 N–H and O–H groups in total. The van der Waals surface area contributed by atoms with E-state index in [0.29, 0.717) is 31.5 Å². The summed E-state index contributed by atoms with van der Waals surface area (Å²) >= 11 is 5.75. The van der Waals surface area contributed by atoms with Crippen molar-refractivity contribution in [3.63, 3.8) is 0 Å². The van der Waals surface area contributed by atoms with Crippen LogP contribution in [0.5, 0.6) is 0 Å². The molecule has 6 heteroatoms. The molecule has 98 valence electrons. The van der Waals surface area contributed by atoms with Crippen molar-refractivity contribution < 1.29 is 19.1 Å². The number of hydrogen-bond acceptors (Lipinski definition) is 3. The average molecular weight is 272 g/mol. The lowest BCUT2D eigenvalue weighted by atomic mass is 9.80. The standard InChI is InChI=1S/C12H14ClNO4/c1-12(11(16)17)3-5-14(6-4-12)10(15)8-2-7-18-9(8)13/h2,7H,3-6H2,1H3,(H,16,17). The Morgan fingerprint density at radius 2 is 2.06 bits per heavy atom. The van der Waals surface area contributed by atoms with Crippen LogP contribution in [0, 0.1) is 5.41 Å². The molecule has 1 saturated heterocycles. The maximum absolute atomic E-state index is 12.1. The molecular weight excluding hydrogens is 258 g/mol. The van der Waals surface area contributed by atoms with Gasteiger partial charge in [-0.05, 0) is 37.4 Å². The SMILES string of the molecule is CC1(C(=O)O)CCN(C(=O)c2ccoc2Cl)CC1. The Morgan fingerprint density at radius 1 is 1.44 bits per heavy atom. The molecule has 0 aliphatic carbocycles. The molecule has 1 aromatic heterocycles. The summed E-state index contributed by atoms with van der Waals surface area (Å²) in [4.78, 5) is 24.8. The second-order valence-corrected chi connectivity index (χ2v) is 5.11. The molecule has 1 fully saturated rings. The molecule has 5 nitrogen and oxygen atoms in total. The second-order valence-electron chi connectivity index (χ2n) is 4.77. The Hall–Kier alpha value is -1.49. The highest BCUT2D eigenvalue weighted by atomic mass is 35.5. The Balaban J connectivity index is 2.05. The first-order chi connectivity index (χ1) is 8.44. The molecule has 0 spiro atoms. The molecule has 1 aliphatic heterocycles. The van der Waals surface area contributed by atoms with Crippen LogP contribution in [0.2, 0.25) is 5.22 Å². The number of aliphatic carboxylic acids is 1. The third-order valence-corrected chi connectivity index (χ3v) is 3.81. The molecule has 0 aromatic carbocycles. The number of likely N-dealkylation sites (tertiary alicyclic amines) is 1. The van der Waals surface area contributed by atoms with Crippen molar-refractivity contribution in [1.82, 2.24) is 4.90 Å². The van der Waals surface area contributed by atoms with E-state index in [2.05, 4.69) is 0 Å². The summed E-state index contributed by atoms with van der Waals surface area (Å²) < 4.78 is 4.88. The van der Waals surface area contributed by atoms with Crippen LogP contribution in [-0.2, 0) is 4.79 Å². The molecule has 1 aromatic rings. The van der Waals surface area contributed by atoms with Gasteiger partial charge < -0.3 is 14.4 Å². The number of furan rings is 1. The number of carboxylic acid groups (broad SMARTS) is 1. The van der Waals surface area contributed by atoms with Gasteiger partial charge >= 0.3 is 5.97 Å². The highest BCUT2D eigenvalue weighted by Crippen LogP contribution is 2.32. The van der Waals surface area contributed by atoms with Gasteiger partial charge in [-0.15, -0.1) is 0 Å². The van der Waals surface area contributed by atoms with Crippen LogP contribution in [0.15, 0.2) is 16.7 Å². The first-order valence-corrected chi connectivity index (χ1v) is 6.07. The molecule has 1 aliphatic rings. The van der Waals surface area contributed by atoms with E-state index in [1.807, 2.05) is 0 Å². The fraction of sp³-hybridized carbons (Fsp3) is 0.500. The van der Waals surface area contributed by atoms with Gasteiger partial charge in [-0.1, -0.05) is 0 Å². The molecule has 0 saturated carbocycles. The largest absolute Gasteiger partial charge is 0.481 e. The minimum absolute atomic E-state index is 0.0755. The van der Waals surface area contributed by atoms with Gasteiger partial charge in [0.05, 0.1) is 17.2 Å². The summed E-state index contributed by atoms with van der Waals surface area (Å²) in [5, 5.41) is 9.19. The van der Waals surface area contributed by atoms with Crippen LogP contribution in [0.25, 0.3) is 0 Å². The number of nitrogens with zero attached hydrogens (tertiary/aromatic N) is 1. The van der Waals surface area contributed by atoms with Gasteiger partial charge in [0, 0.05) is 13.1 Å². The minimum atomic E-state index is -0.809. The first-order valence-electron chi connectivity index (χ1n) is 5.70. The van der Waals surface area contributed by atoms with E-state index in [0.717, 1.165) is 0 Å². The molecule has 0 unspecified atom stereocenters. The number of hydrogen-bond donors (Lipinski definition) is 1. The highest BCUT2D eigenvalue weighted by molar-refractivity contribution is 6.32. The van der Waals surface area contributed by atoms with E-state index < -0.39 is 11.4 Å². The average Bonchev–Trinajstić information content (AvgIpc) is 2.75. The molecule has 18 heavy (non-hydrogen) atoms. The molecule has 0 bridgehead atoms. The number of halogens is 1. The van der Waals surface area contributed by atoms with E-state index in [4.69, 9.17) is 21.1 Å². The van der Waals surface area contributed by atoms with Gasteiger partial charge in [-0.2, -0.15) is 0 Å². The normalized spacial score (nSPS) is 18.7. The Bertz CT molecular complexity index is 474. The van der Waals surface area contributed by atoms with Crippen molar-refractivity contribution in [2.45, 2.75) is 19.8 Å². The molecular formula is C12H14ClNO4. The second kappa shape index (κ2) is 4.65. The number of rotatable bonds is 2. The van der Waals surface area contributed by atoms with Gasteiger partial charge in [0.25, 0.3) is 5.91 Å². The monoisotopic (exact) mass is 271 g/mol. The minimum Gasteiger partial charge on any atom is -0.481 e. The topological polar surface area (TPSA) is 70.8 Å². The van der Waals surface area contributed by atoms with Crippen LogP contribution in [-0.4, -0.2) is 35.0 Å². The van der Waals surface area contributed by atoms with Crippen molar-refractivity contribution in [3.05, 3.63) is 23.1 Å². The smallest absolute Gasteiger partial charge is 0.309 e. The Labute approximate surface area is 109 Å². The fourth-order valence-electron chi connectivity index (χ4n) is 2.03. The van der Waals surface area contributed by atoms with Gasteiger partial charge in [0.2, 0.25) is 5.22 Å². The summed E-state index contributed by atoms with van der Waals surface area (Å²) in [5.41, 5.74) is -0.410. The maximum Gasteiger partial charge on any atom is 0.309 e. The molecule has 2 heterocycles. The van der Waals surface area contributed by atoms with Crippen LogP contribution >= 0.6 is 11.6 Å². The van der Waals surface area contributed by atoms with Gasteiger partial charge in [-0.25, -0.2) is 0 Å². The zero-order valence-electron chi connectivity index (χ0n) is 9.98. The lowest BCUT2D eigenvalue weighted by Crippen LogP contribution is -2.45. The van der Waals surface area contributed by atoms with Crippen molar-refractivity contribution in [1.29, 1.82) is 0 Å². The Kier molecular flexibility index (Phi) is 3.34. The summed E-state index contributed by atoms with van der Waals surface area (Å²) in [6, 6.07) is 1.52. The maximum atomic E-state index is 12.1. The number of carboxylic acids is 1. The number of piperidine rings is 1. The van der Waals surface area contributed by atoms with Gasteiger partial charge in [-0.3, -0.25) is 9.59 Å². The van der Waals surface area contributed by atoms with Gasteiger partial charge in [0.1, 0.15) is 0 Å². The van der Waals surface area contributed by atoms with E-state index in [9.17, 15) is 9.59 Å². The highest BCUT2D eigenvalue weighted by Gasteiger charge is 2.38. The molecule has 2 rings (SSSR count).